The molecule has 1 aromatic carbocycles. The van der Waals surface area contributed by atoms with Crippen LogP contribution in [-0.4, -0.2) is 18.3 Å². The molecule has 0 saturated carbocycles. The van der Waals surface area contributed by atoms with Crippen LogP contribution in [0.5, 0.6) is 5.75 Å². The number of ether oxygens (including phenoxy) is 1. The number of rotatable bonds is 7. The van der Waals surface area contributed by atoms with E-state index in [1.54, 1.807) is 7.11 Å². The first-order valence-electron chi connectivity index (χ1n) is 6.13. The molecule has 0 fully saturated rings. The molecule has 0 bridgehead atoms. The second-order valence-electron chi connectivity index (χ2n) is 4.35. The topological polar surface area (TPSA) is 29.5 Å². The van der Waals surface area contributed by atoms with E-state index in [2.05, 4.69) is 13.5 Å². The fraction of sp³-hybridized carbons (Fsp3) is 0.467. The first-order valence-corrected chi connectivity index (χ1v) is 6.13. The van der Waals surface area contributed by atoms with Gasteiger partial charge in [0.1, 0.15) is 5.75 Å². The van der Waals surface area contributed by atoms with E-state index < -0.39 is 0 Å². The maximum Gasteiger partial charge on any atom is 0.118 e. The van der Waals surface area contributed by atoms with Crippen LogP contribution in [0.3, 0.4) is 0 Å². The van der Waals surface area contributed by atoms with Gasteiger partial charge >= 0.3 is 0 Å². The molecule has 94 valence electrons. The molecule has 0 aromatic heterocycles. The molecule has 0 heterocycles. The highest BCUT2D eigenvalue weighted by molar-refractivity contribution is 5.27. The van der Waals surface area contributed by atoms with Gasteiger partial charge in [-0.15, -0.1) is 0 Å². The highest BCUT2D eigenvalue weighted by atomic mass is 16.5. The van der Waals surface area contributed by atoms with E-state index in [0.29, 0.717) is 6.42 Å². The average molecular weight is 234 g/mol. The van der Waals surface area contributed by atoms with Gasteiger partial charge in [0.15, 0.2) is 0 Å². The van der Waals surface area contributed by atoms with Gasteiger partial charge < -0.3 is 9.84 Å². The van der Waals surface area contributed by atoms with Gasteiger partial charge in [-0.3, -0.25) is 0 Å². The summed E-state index contributed by atoms with van der Waals surface area (Å²) in [7, 11) is 1.66. The monoisotopic (exact) mass is 234 g/mol. The van der Waals surface area contributed by atoms with E-state index in [1.165, 1.54) is 5.56 Å². The van der Waals surface area contributed by atoms with Gasteiger partial charge in [-0.05, 0) is 43.4 Å². The van der Waals surface area contributed by atoms with Crippen LogP contribution in [0.2, 0.25) is 0 Å². The summed E-state index contributed by atoms with van der Waals surface area (Å²) in [6.45, 7) is 5.98. The van der Waals surface area contributed by atoms with E-state index in [1.807, 2.05) is 24.3 Å². The van der Waals surface area contributed by atoms with Gasteiger partial charge in [0.2, 0.25) is 0 Å². The first-order chi connectivity index (χ1) is 8.15. The average Bonchev–Trinajstić information content (AvgIpc) is 2.36. The third-order valence-corrected chi connectivity index (χ3v) is 2.95. The fourth-order valence-corrected chi connectivity index (χ4v) is 1.71. The van der Waals surface area contributed by atoms with Crippen molar-refractivity contribution in [3.63, 3.8) is 0 Å². The van der Waals surface area contributed by atoms with Crippen LogP contribution in [0, 0.1) is 0 Å². The molecule has 0 aliphatic rings. The Morgan fingerprint density at radius 2 is 2.00 bits per heavy atom. The summed E-state index contributed by atoms with van der Waals surface area (Å²) >= 11 is 0. The normalized spacial score (nSPS) is 12.2. The SMILES string of the molecule is C=C(CC)CC(O)CCc1ccc(OC)cc1. The second-order valence-corrected chi connectivity index (χ2v) is 4.35. The molecule has 17 heavy (non-hydrogen) atoms. The number of aliphatic hydroxyl groups excluding tert-OH is 1. The van der Waals surface area contributed by atoms with Gasteiger partial charge in [-0.2, -0.15) is 0 Å². The van der Waals surface area contributed by atoms with Crippen molar-refractivity contribution in [3.8, 4) is 5.75 Å². The summed E-state index contributed by atoms with van der Waals surface area (Å²) in [6.07, 6.45) is 3.06. The molecule has 0 spiro atoms. The van der Waals surface area contributed by atoms with Crippen LogP contribution in [0.4, 0.5) is 0 Å². The van der Waals surface area contributed by atoms with Gasteiger partial charge in [0.25, 0.3) is 0 Å². The van der Waals surface area contributed by atoms with Crippen LogP contribution in [0.15, 0.2) is 36.4 Å². The molecule has 0 amide bonds. The fourth-order valence-electron chi connectivity index (χ4n) is 1.71. The van der Waals surface area contributed by atoms with Crippen LogP contribution in [0.1, 0.15) is 31.7 Å². The smallest absolute Gasteiger partial charge is 0.118 e. The van der Waals surface area contributed by atoms with E-state index >= 15 is 0 Å². The Balaban J connectivity index is 2.36. The number of hydrogen-bond acceptors (Lipinski definition) is 2. The van der Waals surface area contributed by atoms with Crippen molar-refractivity contribution < 1.29 is 9.84 Å². The van der Waals surface area contributed by atoms with Crippen molar-refractivity contribution in [2.24, 2.45) is 0 Å². The largest absolute Gasteiger partial charge is 0.497 e. The summed E-state index contributed by atoms with van der Waals surface area (Å²) in [5, 5.41) is 9.83. The van der Waals surface area contributed by atoms with Crippen LogP contribution in [-0.2, 0) is 6.42 Å². The molecule has 1 N–H and O–H groups in total. The quantitative estimate of drug-likeness (QED) is 0.733. The van der Waals surface area contributed by atoms with Crippen molar-refractivity contribution >= 4 is 0 Å². The molecular weight excluding hydrogens is 212 g/mol. The molecule has 1 atom stereocenters. The van der Waals surface area contributed by atoms with Gasteiger partial charge in [-0.25, -0.2) is 0 Å². The molecule has 1 rings (SSSR count). The molecule has 0 aliphatic carbocycles. The van der Waals surface area contributed by atoms with Gasteiger partial charge in [-0.1, -0.05) is 31.2 Å². The number of benzene rings is 1. The Hall–Kier alpha value is -1.28. The van der Waals surface area contributed by atoms with Crippen molar-refractivity contribution in [2.75, 3.05) is 7.11 Å². The summed E-state index contributed by atoms with van der Waals surface area (Å²) < 4.78 is 5.10. The summed E-state index contributed by atoms with van der Waals surface area (Å²) in [6, 6.07) is 7.99. The molecule has 2 heteroatoms. The zero-order valence-electron chi connectivity index (χ0n) is 10.8. The minimum atomic E-state index is -0.274. The molecule has 1 unspecified atom stereocenters. The highest BCUT2D eigenvalue weighted by Gasteiger charge is 2.06. The first kappa shape index (κ1) is 13.8. The predicted octanol–water partition coefficient (Wildman–Crippen LogP) is 3.35. The molecule has 0 aliphatic heterocycles. The van der Waals surface area contributed by atoms with E-state index in [0.717, 1.165) is 30.6 Å². The van der Waals surface area contributed by atoms with Crippen molar-refractivity contribution in [1.82, 2.24) is 0 Å². The third-order valence-electron chi connectivity index (χ3n) is 2.95. The minimum absolute atomic E-state index is 0.274. The lowest BCUT2D eigenvalue weighted by Crippen LogP contribution is -2.08. The lowest BCUT2D eigenvalue weighted by Gasteiger charge is -2.11. The van der Waals surface area contributed by atoms with E-state index in [-0.39, 0.29) is 6.10 Å². The van der Waals surface area contributed by atoms with Crippen LogP contribution in [0.25, 0.3) is 0 Å². The maximum absolute atomic E-state index is 9.83. The number of aryl methyl sites for hydroxylation is 1. The third kappa shape index (κ3) is 5.05. The lowest BCUT2D eigenvalue weighted by molar-refractivity contribution is 0.164. The molecule has 1 aromatic rings. The van der Waals surface area contributed by atoms with Crippen molar-refractivity contribution in [2.45, 2.75) is 38.7 Å². The Kier molecular flexibility index (Phi) is 5.78. The van der Waals surface area contributed by atoms with Crippen molar-refractivity contribution in [3.05, 3.63) is 42.0 Å². The molecular formula is C15H22O2. The number of aliphatic hydroxyl groups is 1. The Morgan fingerprint density at radius 3 is 2.53 bits per heavy atom. The zero-order valence-corrected chi connectivity index (χ0v) is 10.8. The van der Waals surface area contributed by atoms with Crippen molar-refractivity contribution in [1.29, 1.82) is 0 Å². The summed E-state index contributed by atoms with van der Waals surface area (Å²) in [5.41, 5.74) is 2.35. The van der Waals surface area contributed by atoms with Crippen LogP contribution < -0.4 is 4.74 Å². The lowest BCUT2D eigenvalue weighted by atomic mass is 10.0. The molecule has 2 nitrogen and oxygen atoms in total. The number of methoxy groups -OCH3 is 1. The summed E-state index contributed by atoms with van der Waals surface area (Å²) in [5.74, 6) is 0.869. The zero-order chi connectivity index (χ0) is 12.7. The van der Waals surface area contributed by atoms with E-state index in [4.69, 9.17) is 4.74 Å². The minimum Gasteiger partial charge on any atom is -0.497 e. The maximum atomic E-state index is 9.83. The van der Waals surface area contributed by atoms with Gasteiger partial charge in [0, 0.05) is 0 Å². The van der Waals surface area contributed by atoms with E-state index in [9.17, 15) is 5.11 Å². The Bertz CT molecular complexity index is 340. The summed E-state index contributed by atoms with van der Waals surface area (Å²) in [4.78, 5) is 0. The predicted molar refractivity (Wildman–Crippen MR) is 71.4 cm³/mol. The molecule has 0 saturated heterocycles. The second kappa shape index (κ2) is 7.13. The van der Waals surface area contributed by atoms with Crippen LogP contribution >= 0.6 is 0 Å². The Morgan fingerprint density at radius 1 is 1.35 bits per heavy atom. The molecule has 0 radical (unpaired) electrons. The standard InChI is InChI=1S/C15H22O2/c1-4-12(2)11-14(16)8-5-13-6-9-15(17-3)10-7-13/h6-7,9-10,14,16H,2,4-5,8,11H2,1,3H3. The van der Waals surface area contributed by atoms with Gasteiger partial charge in [0.05, 0.1) is 13.2 Å². The highest BCUT2D eigenvalue weighted by Crippen LogP contribution is 2.15. The number of hydrogen-bond donors (Lipinski definition) is 1. The Labute approximate surface area is 104 Å².